The summed E-state index contributed by atoms with van der Waals surface area (Å²) in [4.78, 5) is 16.5. The van der Waals surface area contributed by atoms with Gasteiger partial charge in [0.25, 0.3) is 0 Å². The number of aromatic nitrogens is 4. The Bertz CT molecular complexity index is 1300. The summed E-state index contributed by atoms with van der Waals surface area (Å²) in [5.74, 6) is 1.04. The number of esters is 1. The number of carbonyl (C=O) groups is 1. The molecule has 0 radical (unpaired) electrons. The van der Waals surface area contributed by atoms with Crippen molar-refractivity contribution in [1.82, 2.24) is 19.2 Å². The molecule has 0 aliphatic rings. The zero-order valence-corrected chi connectivity index (χ0v) is 18.4. The fourth-order valence-electron chi connectivity index (χ4n) is 3.67. The van der Waals surface area contributed by atoms with Gasteiger partial charge in [-0.15, -0.1) is 0 Å². The molecule has 2 aromatic heterocycles. The maximum Gasteiger partial charge on any atom is 0.341 e. The average Bonchev–Trinajstić information content (AvgIpc) is 3.39. The van der Waals surface area contributed by atoms with Gasteiger partial charge in [0.15, 0.2) is 0 Å². The normalized spacial score (nSPS) is 11.6. The Kier molecular flexibility index (Phi) is 5.93. The molecule has 0 saturated heterocycles. The van der Waals surface area contributed by atoms with Crippen LogP contribution in [0, 0.1) is 6.92 Å². The van der Waals surface area contributed by atoms with E-state index in [1.54, 1.807) is 4.52 Å². The minimum atomic E-state index is -0.470. The van der Waals surface area contributed by atoms with Crippen molar-refractivity contribution >= 4 is 17.3 Å². The predicted octanol–water partition coefficient (Wildman–Crippen LogP) is 3.78. The van der Waals surface area contributed by atoms with Gasteiger partial charge in [0.2, 0.25) is 5.78 Å². The molecule has 4 rings (SSSR count). The highest BCUT2D eigenvalue weighted by Gasteiger charge is 2.17. The summed E-state index contributed by atoms with van der Waals surface area (Å²) < 4.78 is 19.8. The number of nitrogens with zero attached hydrogens (tertiary/aromatic N) is 4. The van der Waals surface area contributed by atoms with Gasteiger partial charge >= 0.3 is 5.97 Å². The van der Waals surface area contributed by atoms with Crippen LogP contribution in [0.4, 0.5) is 0 Å². The number of aryl methyl sites for hydroxylation is 2. The van der Waals surface area contributed by atoms with Gasteiger partial charge in [0.1, 0.15) is 24.3 Å². The fourth-order valence-corrected chi connectivity index (χ4v) is 3.67. The van der Waals surface area contributed by atoms with Crippen LogP contribution in [0.25, 0.3) is 22.6 Å². The summed E-state index contributed by atoms with van der Waals surface area (Å²) in [7, 11) is 4.80. The molecule has 8 heteroatoms. The van der Waals surface area contributed by atoms with Gasteiger partial charge in [-0.05, 0) is 41.8 Å². The van der Waals surface area contributed by atoms with Crippen molar-refractivity contribution in [3.63, 3.8) is 0 Å². The SMILES string of the molecule is CO/C=C(\C(=O)OC)c1ccccc1COc1ccc(-c2cn3ncnc3n2C)c(C)c1. The third kappa shape index (κ3) is 3.94. The Morgan fingerprint density at radius 2 is 1.97 bits per heavy atom. The van der Waals surface area contributed by atoms with Gasteiger partial charge in [0, 0.05) is 12.6 Å². The molecule has 0 aliphatic heterocycles. The van der Waals surface area contributed by atoms with Crippen molar-refractivity contribution in [2.24, 2.45) is 7.05 Å². The molecule has 32 heavy (non-hydrogen) atoms. The van der Waals surface area contributed by atoms with Crippen molar-refractivity contribution in [2.75, 3.05) is 14.2 Å². The first-order valence-corrected chi connectivity index (χ1v) is 10.0. The molecule has 0 saturated carbocycles. The van der Waals surface area contributed by atoms with Gasteiger partial charge in [-0.25, -0.2) is 9.31 Å². The highest BCUT2D eigenvalue weighted by atomic mass is 16.5. The lowest BCUT2D eigenvalue weighted by Gasteiger charge is -2.14. The van der Waals surface area contributed by atoms with Crippen molar-refractivity contribution in [3.05, 3.63) is 77.9 Å². The summed E-state index contributed by atoms with van der Waals surface area (Å²) in [5.41, 5.74) is 5.04. The van der Waals surface area contributed by atoms with Gasteiger partial charge in [-0.2, -0.15) is 10.1 Å². The van der Waals surface area contributed by atoms with Crippen molar-refractivity contribution in [1.29, 1.82) is 0 Å². The number of hydrogen-bond donors (Lipinski definition) is 0. The first kappa shape index (κ1) is 21.2. The van der Waals surface area contributed by atoms with Crippen molar-refractivity contribution in [3.8, 4) is 17.0 Å². The number of ether oxygens (including phenoxy) is 3. The monoisotopic (exact) mass is 432 g/mol. The molecule has 4 aromatic rings. The van der Waals surface area contributed by atoms with E-state index in [1.165, 1.54) is 26.8 Å². The van der Waals surface area contributed by atoms with E-state index in [-0.39, 0.29) is 6.61 Å². The molecule has 0 amide bonds. The van der Waals surface area contributed by atoms with E-state index in [4.69, 9.17) is 14.2 Å². The van der Waals surface area contributed by atoms with E-state index in [9.17, 15) is 4.79 Å². The maximum atomic E-state index is 12.2. The Morgan fingerprint density at radius 3 is 2.69 bits per heavy atom. The smallest absolute Gasteiger partial charge is 0.341 e. The van der Waals surface area contributed by atoms with Crippen LogP contribution in [0.2, 0.25) is 0 Å². The lowest BCUT2D eigenvalue weighted by Crippen LogP contribution is -2.08. The first-order valence-electron chi connectivity index (χ1n) is 10.0. The standard InChI is InChI=1S/C24H24N4O4/c1-16-11-18(9-10-19(16)22-12-28-24(27(22)2)25-15-26-28)32-13-17-7-5-6-8-20(17)21(14-30-3)23(29)31-4/h5-12,14-15H,13H2,1-4H3/b21-14-. The highest BCUT2D eigenvalue weighted by Crippen LogP contribution is 2.29. The second-order valence-electron chi connectivity index (χ2n) is 7.26. The molecule has 0 spiro atoms. The third-order valence-corrected chi connectivity index (χ3v) is 5.28. The summed E-state index contributed by atoms with van der Waals surface area (Å²) in [5, 5.41) is 4.20. The topological polar surface area (TPSA) is 79.9 Å². The van der Waals surface area contributed by atoms with E-state index < -0.39 is 5.97 Å². The van der Waals surface area contributed by atoms with Crippen LogP contribution in [-0.4, -0.2) is 39.4 Å². The highest BCUT2D eigenvalue weighted by molar-refractivity contribution is 6.16. The second kappa shape index (κ2) is 8.97. The Labute approximate surface area is 185 Å². The van der Waals surface area contributed by atoms with Crippen LogP contribution in [0.1, 0.15) is 16.7 Å². The molecule has 2 heterocycles. The minimum absolute atomic E-state index is 0.287. The van der Waals surface area contributed by atoms with E-state index >= 15 is 0 Å². The number of carbonyl (C=O) groups excluding carboxylic acids is 1. The summed E-state index contributed by atoms with van der Waals surface area (Å²) in [6.07, 6.45) is 4.88. The number of benzene rings is 2. The zero-order valence-electron chi connectivity index (χ0n) is 18.4. The molecule has 0 atom stereocenters. The summed E-state index contributed by atoms with van der Waals surface area (Å²) in [6.45, 7) is 2.32. The van der Waals surface area contributed by atoms with E-state index in [2.05, 4.69) is 10.1 Å². The molecular weight excluding hydrogens is 408 g/mol. The summed E-state index contributed by atoms with van der Waals surface area (Å²) >= 11 is 0. The van der Waals surface area contributed by atoms with Crippen molar-refractivity contribution in [2.45, 2.75) is 13.5 Å². The van der Waals surface area contributed by atoms with E-state index in [1.807, 2.05) is 67.2 Å². The van der Waals surface area contributed by atoms with Gasteiger partial charge in [-0.3, -0.25) is 0 Å². The zero-order chi connectivity index (χ0) is 22.7. The molecule has 0 bridgehead atoms. The molecular formula is C24H24N4O4. The lowest BCUT2D eigenvalue weighted by atomic mass is 10.0. The van der Waals surface area contributed by atoms with Crippen LogP contribution in [-0.2, 0) is 27.9 Å². The van der Waals surface area contributed by atoms with Crippen LogP contribution in [0.5, 0.6) is 5.75 Å². The number of rotatable bonds is 7. The quantitative estimate of drug-likeness (QED) is 0.251. The fraction of sp³-hybridized carbons (Fsp3) is 0.208. The largest absolute Gasteiger partial charge is 0.503 e. The van der Waals surface area contributed by atoms with Gasteiger partial charge < -0.3 is 18.8 Å². The second-order valence-corrected chi connectivity index (χ2v) is 7.26. The Balaban J connectivity index is 1.57. The first-order chi connectivity index (χ1) is 15.5. The van der Waals surface area contributed by atoms with Crippen LogP contribution >= 0.6 is 0 Å². The van der Waals surface area contributed by atoms with Crippen LogP contribution in [0.3, 0.4) is 0 Å². The lowest BCUT2D eigenvalue weighted by molar-refractivity contribution is -0.133. The number of methoxy groups -OCH3 is 2. The molecule has 0 fully saturated rings. The summed E-state index contributed by atoms with van der Waals surface area (Å²) in [6, 6.07) is 13.5. The van der Waals surface area contributed by atoms with Gasteiger partial charge in [0.05, 0.1) is 32.4 Å². The number of imidazole rings is 1. The average molecular weight is 432 g/mol. The van der Waals surface area contributed by atoms with Crippen LogP contribution in [0.15, 0.2) is 61.3 Å². The molecule has 2 aromatic carbocycles. The number of hydrogen-bond acceptors (Lipinski definition) is 6. The maximum absolute atomic E-state index is 12.2. The van der Waals surface area contributed by atoms with E-state index in [0.717, 1.165) is 33.9 Å². The van der Waals surface area contributed by atoms with E-state index in [0.29, 0.717) is 11.1 Å². The molecule has 0 unspecified atom stereocenters. The predicted molar refractivity (Wildman–Crippen MR) is 120 cm³/mol. The van der Waals surface area contributed by atoms with Gasteiger partial charge in [-0.1, -0.05) is 24.3 Å². The van der Waals surface area contributed by atoms with Crippen LogP contribution < -0.4 is 4.74 Å². The number of fused-ring (bicyclic) bond motifs is 1. The Hall–Kier alpha value is -4.07. The molecule has 0 N–H and O–H groups in total. The third-order valence-electron chi connectivity index (χ3n) is 5.28. The molecule has 8 nitrogen and oxygen atoms in total. The minimum Gasteiger partial charge on any atom is -0.503 e. The molecule has 0 aliphatic carbocycles. The Morgan fingerprint density at radius 1 is 1.16 bits per heavy atom. The molecule has 164 valence electrons. The van der Waals surface area contributed by atoms with Crippen molar-refractivity contribution < 1.29 is 19.0 Å².